The largest absolute Gasteiger partial charge is 0.292 e. The van der Waals surface area contributed by atoms with E-state index in [1.165, 1.54) is 24.3 Å². The second-order valence-electron chi connectivity index (χ2n) is 7.42. The number of carbonyl (C=O) groups excluding carboxylic acids is 4. The van der Waals surface area contributed by atoms with Crippen molar-refractivity contribution in [2.75, 3.05) is 6.54 Å². The van der Waals surface area contributed by atoms with Crippen LogP contribution in [0.25, 0.3) is 0 Å². The highest BCUT2D eigenvalue weighted by molar-refractivity contribution is 6.34. The molecule has 2 aromatic rings. The predicted molar refractivity (Wildman–Crippen MR) is 115 cm³/mol. The molecule has 0 spiro atoms. The molecule has 0 unspecified atom stereocenters. The lowest BCUT2D eigenvalue weighted by atomic mass is 9.85. The van der Waals surface area contributed by atoms with Crippen LogP contribution in [-0.4, -0.2) is 40.1 Å². The molecular weight excluding hydrogens is 439 g/mol. The standard InChI is InChI=1S/C23H18Cl2N2O4/c24-15-11-9-14(10-12-15)20(28)13-26(21(29)18-7-3-4-8-19(18)25)27-22(30)16-5-1-2-6-17(16)23(27)31/h1-4,7-12,16-17H,5-6,13H2/t16-,17-/m1/s1. The predicted octanol–water partition coefficient (Wildman–Crippen LogP) is 4.18. The average Bonchev–Trinajstić information content (AvgIpc) is 3.03. The summed E-state index contributed by atoms with van der Waals surface area (Å²) >= 11 is 12.1. The van der Waals surface area contributed by atoms with Crippen LogP contribution in [0.4, 0.5) is 0 Å². The zero-order chi connectivity index (χ0) is 22.1. The third-order valence-electron chi connectivity index (χ3n) is 5.52. The molecule has 8 heteroatoms. The van der Waals surface area contributed by atoms with Gasteiger partial charge in [-0.25, -0.2) is 5.01 Å². The van der Waals surface area contributed by atoms with Crippen molar-refractivity contribution in [2.24, 2.45) is 11.8 Å². The summed E-state index contributed by atoms with van der Waals surface area (Å²) in [6.07, 6.45) is 4.56. The summed E-state index contributed by atoms with van der Waals surface area (Å²) in [5.41, 5.74) is 0.404. The Morgan fingerprint density at radius 1 is 0.903 bits per heavy atom. The number of ketones is 1. The van der Waals surface area contributed by atoms with E-state index in [1.54, 1.807) is 24.3 Å². The number of amides is 3. The van der Waals surface area contributed by atoms with Crippen LogP contribution in [0.2, 0.25) is 10.0 Å². The van der Waals surface area contributed by atoms with Crippen molar-refractivity contribution >= 4 is 46.7 Å². The number of allylic oxidation sites excluding steroid dienone is 2. The van der Waals surface area contributed by atoms with Crippen LogP contribution in [-0.2, 0) is 9.59 Å². The molecule has 0 saturated carbocycles. The number of benzene rings is 2. The van der Waals surface area contributed by atoms with Crippen molar-refractivity contribution in [2.45, 2.75) is 12.8 Å². The maximum atomic E-state index is 13.4. The van der Waals surface area contributed by atoms with E-state index in [9.17, 15) is 19.2 Å². The summed E-state index contributed by atoms with van der Waals surface area (Å²) in [4.78, 5) is 52.5. The minimum Gasteiger partial charge on any atom is -0.292 e. The van der Waals surface area contributed by atoms with Crippen molar-refractivity contribution < 1.29 is 19.2 Å². The summed E-state index contributed by atoms with van der Waals surface area (Å²) in [6, 6.07) is 12.5. The number of rotatable bonds is 5. The van der Waals surface area contributed by atoms with E-state index in [4.69, 9.17) is 23.2 Å². The van der Waals surface area contributed by atoms with Gasteiger partial charge in [0.1, 0.15) is 6.54 Å². The average molecular weight is 457 g/mol. The second-order valence-corrected chi connectivity index (χ2v) is 8.26. The van der Waals surface area contributed by atoms with Gasteiger partial charge in [0, 0.05) is 10.6 Å². The highest BCUT2D eigenvalue weighted by Crippen LogP contribution is 2.36. The van der Waals surface area contributed by atoms with E-state index in [1.807, 2.05) is 12.2 Å². The van der Waals surface area contributed by atoms with E-state index in [-0.39, 0.29) is 10.6 Å². The van der Waals surface area contributed by atoms with Crippen molar-refractivity contribution in [3.8, 4) is 0 Å². The molecule has 3 amide bonds. The fourth-order valence-corrected chi connectivity index (χ4v) is 4.23. The molecule has 0 aromatic heterocycles. The molecule has 1 saturated heterocycles. The summed E-state index contributed by atoms with van der Waals surface area (Å²) in [6.45, 7) is -0.490. The van der Waals surface area contributed by atoms with Gasteiger partial charge < -0.3 is 0 Å². The Morgan fingerprint density at radius 2 is 1.48 bits per heavy atom. The van der Waals surface area contributed by atoms with Gasteiger partial charge in [-0.05, 0) is 49.2 Å². The first-order valence-corrected chi connectivity index (χ1v) is 10.5. The molecule has 0 bridgehead atoms. The lowest BCUT2D eigenvalue weighted by Gasteiger charge is -2.30. The number of fused-ring (bicyclic) bond motifs is 1. The highest BCUT2D eigenvalue weighted by Gasteiger charge is 2.51. The molecule has 1 heterocycles. The molecule has 158 valence electrons. The van der Waals surface area contributed by atoms with Gasteiger partial charge in [0.05, 0.1) is 22.4 Å². The molecular formula is C23H18Cl2N2O4. The molecule has 2 aromatic carbocycles. The first-order chi connectivity index (χ1) is 14.9. The summed E-state index contributed by atoms with van der Waals surface area (Å²) in [5, 5.41) is 2.37. The molecule has 1 fully saturated rings. The number of hydrogen-bond donors (Lipinski definition) is 0. The molecule has 1 aliphatic heterocycles. The third-order valence-corrected chi connectivity index (χ3v) is 6.11. The van der Waals surface area contributed by atoms with Crippen molar-refractivity contribution in [3.63, 3.8) is 0 Å². The molecule has 2 aliphatic rings. The summed E-state index contributed by atoms with van der Waals surface area (Å²) in [7, 11) is 0. The number of hydrazine groups is 1. The maximum absolute atomic E-state index is 13.4. The SMILES string of the molecule is O=C(CN(C(=O)c1ccccc1Cl)N1C(=O)[C@@H]2CC=CC[C@H]2C1=O)c1ccc(Cl)cc1. The number of imide groups is 1. The fraction of sp³-hybridized carbons (Fsp3) is 0.217. The number of nitrogens with zero attached hydrogens (tertiary/aromatic N) is 2. The Kier molecular flexibility index (Phi) is 5.94. The Labute approximate surface area is 189 Å². The van der Waals surface area contributed by atoms with Crippen molar-refractivity contribution in [1.29, 1.82) is 0 Å². The topological polar surface area (TPSA) is 74.8 Å². The van der Waals surface area contributed by atoms with Crippen molar-refractivity contribution in [3.05, 3.63) is 81.9 Å². The second kappa shape index (κ2) is 8.65. The fourth-order valence-electron chi connectivity index (χ4n) is 3.89. The van der Waals surface area contributed by atoms with Gasteiger partial charge in [-0.3, -0.25) is 19.2 Å². The molecule has 1 aliphatic carbocycles. The van der Waals surface area contributed by atoms with Crippen molar-refractivity contribution in [1.82, 2.24) is 10.0 Å². The Morgan fingerprint density at radius 3 is 2.06 bits per heavy atom. The number of hydrogen-bond acceptors (Lipinski definition) is 4. The number of Topliss-reactive ketones (excluding diaryl/α,β-unsaturated/α-hetero) is 1. The monoisotopic (exact) mass is 456 g/mol. The lowest BCUT2D eigenvalue weighted by molar-refractivity contribution is -0.154. The minimum atomic E-state index is -0.693. The highest BCUT2D eigenvalue weighted by atomic mass is 35.5. The molecule has 6 nitrogen and oxygen atoms in total. The van der Waals surface area contributed by atoms with Gasteiger partial charge in [0.25, 0.3) is 17.7 Å². The summed E-state index contributed by atoms with van der Waals surface area (Å²) in [5.74, 6) is -3.17. The quantitative estimate of drug-likeness (QED) is 0.384. The summed E-state index contributed by atoms with van der Waals surface area (Å²) < 4.78 is 0. The van der Waals surface area contributed by atoms with Gasteiger partial charge in [0.2, 0.25) is 0 Å². The lowest BCUT2D eigenvalue weighted by Crippen LogP contribution is -2.52. The normalized spacial score (nSPS) is 20.0. The molecule has 31 heavy (non-hydrogen) atoms. The molecule has 2 atom stereocenters. The Bertz CT molecular complexity index is 1070. The van der Waals surface area contributed by atoms with Crippen LogP contribution in [0.3, 0.4) is 0 Å². The van der Waals surface area contributed by atoms with Crippen LogP contribution < -0.4 is 0 Å². The first kappa shape index (κ1) is 21.3. The zero-order valence-electron chi connectivity index (χ0n) is 16.3. The van der Waals surface area contributed by atoms with E-state index in [2.05, 4.69) is 0 Å². The number of halogens is 2. The van der Waals surface area contributed by atoms with Gasteiger partial charge in [-0.1, -0.05) is 47.5 Å². The van der Waals surface area contributed by atoms with Crippen LogP contribution in [0, 0.1) is 11.8 Å². The van der Waals surface area contributed by atoms with Gasteiger partial charge >= 0.3 is 0 Å². The van der Waals surface area contributed by atoms with Crippen LogP contribution in [0.15, 0.2) is 60.7 Å². The first-order valence-electron chi connectivity index (χ1n) is 9.76. The van der Waals surface area contributed by atoms with Crippen LogP contribution in [0.1, 0.15) is 33.6 Å². The van der Waals surface area contributed by atoms with E-state index >= 15 is 0 Å². The Balaban J connectivity index is 1.70. The Hall–Kier alpha value is -2.96. The maximum Gasteiger partial charge on any atom is 0.274 e. The molecule has 0 N–H and O–H groups in total. The van der Waals surface area contributed by atoms with Gasteiger partial charge in [-0.15, -0.1) is 0 Å². The minimum absolute atomic E-state index is 0.0988. The van der Waals surface area contributed by atoms with Crippen LogP contribution >= 0.6 is 23.2 Å². The third kappa shape index (κ3) is 4.01. The van der Waals surface area contributed by atoms with Gasteiger partial charge in [-0.2, -0.15) is 5.01 Å². The van der Waals surface area contributed by atoms with Gasteiger partial charge in [0.15, 0.2) is 5.78 Å². The zero-order valence-corrected chi connectivity index (χ0v) is 17.8. The smallest absolute Gasteiger partial charge is 0.274 e. The van der Waals surface area contributed by atoms with E-state index in [0.717, 1.165) is 10.0 Å². The van der Waals surface area contributed by atoms with E-state index in [0.29, 0.717) is 23.4 Å². The molecule has 4 rings (SSSR count). The van der Waals surface area contributed by atoms with Crippen LogP contribution in [0.5, 0.6) is 0 Å². The molecule has 0 radical (unpaired) electrons. The number of carbonyl (C=O) groups is 4. The van der Waals surface area contributed by atoms with E-state index < -0.39 is 41.9 Å².